The lowest BCUT2D eigenvalue weighted by Gasteiger charge is -2.04. The standard InChI is InChI=1S/C22H16Cl2N2O2/c23-19-8-4-7-18(21(19)24)20-10-9-17(28-20)13-16(14-25)22(27)26-12-11-15-5-2-1-3-6-15/h1-10,13H,11-12H2,(H,26,27)/b16-13-. The Labute approximate surface area is 173 Å². The van der Waals surface area contributed by atoms with Gasteiger partial charge in [-0.3, -0.25) is 4.79 Å². The van der Waals surface area contributed by atoms with Gasteiger partial charge in [0.1, 0.15) is 23.2 Å². The van der Waals surface area contributed by atoms with E-state index in [-0.39, 0.29) is 5.57 Å². The molecule has 0 fully saturated rings. The van der Waals surface area contributed by atoms with Crippen LogP contribution in [-0.2, 0) is 11.2 Å². The summed E-state index contributed by atoms with van der Waals surface area (Å²) in [5.74, 6) is 0.429. The number of carbonyl (C=O) groups excluding carboxylic acids is 1. The highest BCUT2D eigenvalue weighted by Gasteiger charge is 2.13. The van der Waals surface area contributed by atoms with Crippen molar-refractivity contribution in [3.63, 3.8) is 0 Å². The van der Waals surface area contributed by atoms with Crippen molar-refractivity contribution in [2.45, 2.75) is 6.42 Å². The second-order valence-corrected chi connectivity index (χ2v) is 6.75. The molecule has 4 nitrogen and oxygen atoms in total. The highest BCUT2D eigenvalue weighted by molar-refractivity contribution is 6.43. The predicted octanol–water partition coefficient (Wildman–Crippen LogP) is 5.52. The van der Waals surface area contributed by atoms with Gasteiger partial charge in [-0.2, -0.15) is 5.26 Å². The average molecular weight is 411 g/mol. The first-order chi connectivity index (χ1) is 13.6. The highest BCUT2D eigenvalue weighted by Crippen LogP contribution is 2.34. The molecule has 0 saturated heterocycles. The van der Waals surface area contributed by atoms with Crippen LogP contribution in [0.5, 0.6) is 0 Å². The Hall–Kier alpha value is -3.00. The van der Waals surface area contributed by atoms with Crippen molar-refractivity contribution in [3.8, 4) is 17.4 Å². The maximum absolute atomic E-state index is 12.3. The highest BCUT2D eigenvalue weighted by atomic mass is 35.5. The van der Waals surface area contributed by atoms with Crippen molar-refractivity contribution in [1.29, 1.82) is 5.26 Å². The molecule has 0 saturated carbocycles. The monoisotopic (exact) mass is 410 g/mol. The number of benzene rings is 2. The fourth-order valence-corrected chi connectivity index (χ4v) is 3.01. The number of furan rings is 1. The van der Waals surface area contributed by atoms with Gasteiger partial charge >= 0.3 is 0 Å². The van der Waals surface area contributed by atoms with Gasteiger partial charge in [0.15, 0.2) is 0 Å². The zero-order chi connectivity index (χ0) is 19.9. The molecule has 1 aromatic heterocycles. The van der Waals surface area contributed by atoms with Crippen LogP contribution in [0.1, 0.15) is 11.3 Å². The Kier molecular flexibility index (Phi) is 6.54. The molecule has 1 heterocycles. The van der Waals surface area contributed by atoms with Crippen LogP contribution in [0.4, 0.5) is 0 Å². The molecule has 0 bridgehead atoms. The minimum Gasteiger partial charge on any atom is -0.457 e. The number of nitriles is 1. The molecular formula is C22H16Cl2N2O2. The first-order valence-corrected chi connectivity index (χ1v) is 9.32. The lowest BCUT2D eigenvalue weighted by molar-refractivity contribution is -0.117. The smallest absolute Gasteiger partial charge is 0.262 e. The lowest BCUT2D eigenvalue weighted by Crippen LogP contribution is -2.26. The van der Waals surface area contributed by atoms with Crippen molar-refractivity contribution >= 4 is 35.2 Å². The number of nitrogens with one attached hydrogen (secondary N) is 1. The molecule has 6 heteroatoms. The maximum Gasteiger partial charge on any atom is 0.262 e. The topological polar surface area (TPSA) is 66.0 Å². The number of nitrogens with zero attached hydrogens (tertiary/aromatic N) is 1. The molecule has 3 aromatic rings. The minimum absolute atomic E-state index is 0.0360. The van der Waals surface area contributed by atoms with Gasteiger partial charge in [0.25, 0.3) is 5.91 Å². The Morgan fingerprint density at radius 1 is 1.07 bits per heavy atom. The van der Waals surface area contributed by atoms with Crippen LogP contribution < -0.4 is 5.32 Å². The number of amides is 1. The third-order valence-electron chi connectivity index (χ3n) is 4.04. The van der Waals surface area contributed by atoms with Crippen molar-refractivity contribution < 1.29 is 9.21 Å². The SMILES string of the molecule is N#C/C(=C/c1ccc(-c2cccc(Cl)c2Cl)o1)C(=O)NCCc1ccccc1. The molecule has 1 N–H and O–H groups in total. The Balaban J connectivity index is 1.69. The first-order valence-electron chi connectivity index (χ1n) is 8.56. The molecule has 2 aromatic carbocycles. The molecule has 0 radical (unpaired) electrons. The van der Waals surface area contributed by atoms with E-state index < -0.39 is 5.91 Å². The van der Waals surface area contributed by atoms with Crippen LogP contribution >= 0.6 is 23.2 Å². The van der Waals surface area contributed by atoms with Crippen molar-refractivity contribution in [2.24, 2.45) is 0 Å². The molecule has 0 aliphatic rings. The van der Waals surface area contributed by atoms with Gasteiger partial charge in [0.2, 0.25) is 0 Å². The second-order valence-electron chi connectivity index (χ2n) is 5.96. The summed E-state index contributed by atoms with van der Waals surface area (Å²) in [6.07, 6.45) is 2.09. The number of rotatable bonds is 6. The summed E-state index contributed by atoms with van der Waals surface area (Å²) >= 11 is 12.2. The molecule has 0 aliphatic heterocycles. The molecule has 140 valence electrons. The molecular weight excluding hydrogens is 395 g/mol. The fourth-order valence-electron chi connectivity index (χ4n) is 2.62. The van der Waals surface area contributed by atoms with Crippen LogP contribution in [0, 0.1) is 11.3 Å². The third-order valence-corrected chi connectivity index (χ3v) is 4.86. The van der Waals surface area contributed by atoms with E-state index in [4.69, 9.17) is 27.6 Å². The number of hydrogen-bond donors (Lipinski definition) is 1. The van der Waals surface area contributed by atoms with Crippen LogP contribution in [0.25, 0.3) is 17.4 Å². The fraction of sp³-hybridized carbons (Fsp3) is 0.0909. The van der Waals surface area contributed by atoms with Gasteiger partial charge in [-0.25, -0.2) is 0 Å². The summed E-state index contributed by atoms with van der Waals surface area (Å²) < 4.78 is 5.71. The quantitative estimate of drug-likeness (QED) is 0.429. The molecule has 0 atom stereocenters. The number of carbonyl (C=O) groups is 1. The average Bonchev–Trinajstić information content (AvgIpc) is 3.17. The van der Waals surface area contributed by atoms with Crippen molar-refractivity contribution in [3.05, 3.63) is 87.6 Å². The van der Waals surface area contributed by atoms with Gasteiger partial charge in [-0.15, -0.1) is 0 Å². The van der Waals surface area contributed by atoms with Gasteiger partial charge in [0, 0.05) is 18.2 Å². The van der Waals surface area contributed by atoms with Crippen molar-refractivity contribution in [2.75, 3.05) is 6.54 Å². The largest absolute Gasteiger partial charge is 0.457 e. The zero-order valence-corrected chi connectivity index (χ0v) is 16.3. The minimum atomic E-state index is -0.447. The van der Waals surface area contributed by atoms with Crippen LogP contribution in [0.15, 0.2) is 70.7 Å². The molecule has 1 amide bonds. The maximum atomic E-state index is 12.3. The van der Waals surface area contributed by atoms with Gasteiger partial charge in [-0.1, -0.05) is 59.6 Å². The van der Waals surface area contributed by atoms with E-state index in [0.29, 0.717) is 40.1 Å². The normalized spacial score (nSPS) is 11.1. The summed E-state index contributed by atoms with van der Waals surface area (Å²) in [6, 6.07) is 20.3. The van der Waals surface area contributed by atoms with Crippen LogP contribution in [-0.4, -0.2) is 12.5 Å². The predicted molar refractivity (Wildman–Crippen MR) is 111 cm³/mol. The Morgan fingerprint density at radius 3 is 2.61 bits per heavy atom. The van der Waals surface area contributed by atoms with Gasteiger partial charge in [0.05, 0.1) is 10.0 Å². The van der Waals surface area contributed by atoms with E-state index in [2.05, 4.69) is 5.32 Å². The van der Waals surface area contributed by atoms with E-state index in [1.807, 2.05) is 36.4 Å². The van der Waals surface area contributed by atoms with E-state index in [9.17, 15) is 10.1 Å². The third kappa shape index (κ3) is 4.83. The molecule has 28 heavy (non-hydrogen) atoms. The molecule has 0 aliphatic carbocycles. The van der Waals surface area contributed by atoms with Crippen LogP contribution in [0.2, 0.25) is 10.0 Å². The second kappa shape index (κ2) is 9.27. The molecule has 0 unspecified atom stereocenters. The first kappa shape index (κ1) is 19.8. The van der Waals surface area contributed by atoms with E-state index in [1.165, 1.54) is 6.08 Å². The van der Waals surface area contributed by atoms with Crippen molar-refractivity contribution in [1.82, 2.24) is 5.32 Å². The summed E-state index contributed by atoms with van der Waals surface area (Å²) in [7, 11) is 0. The van der Waals surface area contributed by atoms with Crippen LogP contribution in [0.3, 0.4) is 0 Å². The van der Waals surface area contributed by atoms with E-state index in [0.717, 1.165) is 5.56 Å². The lowest BCUT2D eigenvalue weighted by atomic mass is 10.1. The zero-order valence-electron chi connectivity index (χ0n) is 14.8. The molecule has 0 spiro atoms. The van der Waals surface area contributed by atoms with Gasteiger partial charge < -0.3 is 9.73 Å². The summed E-state index contributed by atoms with van der Waals surface area (Å²) in [5.41, 5.74) is 1.71. The Bertz CT molecular complexity index is 1050. The Morgan fingerprint density at radius 2 is 1.86 bits per heavy atom. The van der Waals surface area contributed by atoms with E-state index >= 15 is 0 Å². The summed E-state index contributed by atoms with van der Waals surface area (Å²) in [6.45, 7) is 0.434. The summed E-state index contributed by atoms with van der Waals surface area (Å²) in [4.78, 5) is 12.3. The number of hydrogen-bond acceptors (Lipinski definition) is 3. The summed E-state index contributed by atoms with van der Waals surface area (Å²) in [5, 5.41) is 12.9. The molecule has 3 rings (SSSR count). The van der Waals surface area contributed by atoms with Gasteiger partial charge in [-0.05, 0) is 36.2 Å². The number of halogens is 2. The van der Waals surface area contributed by atoms with E-state index in [1.54, 1.807) is 30.3 Å².